The third-order valence-corrected chi connectivity index (χ3v) is 3.97. The Labute approximate surface area is 116 Å². The van der Waals surface area contributed by atoms with Gasteiger partial charge >= 0.3 is 0 Å². The molecule has 0 spiro atoms. The van der Waals surface area contributed by atoms with E-state index in [2.05, 4.69) is 34.8 Å². The van der Waals surface area contributed by atoms with Gasteiger partial charge in [0.1, 0.15) is 0 Å². The largest absolute Gasteiger partial charge is 0.358 e. The molecule has 110 valence electrons. The number of aliphatic imine (C=N–C) groups is 1. The number of carbonyl (C=O) groups is 1. The van der Waals surface area contributed by atoms with Crippen molar-refractivity contribution in [2.45, 2.75) is 45.6 Å². The van der Waals surface area contributed by atoms with E-state index in [0.29, 0.717) is 6.04 Å². The maximum atomic E-state index is 11.2. The molecule has 0 aromatic carbocycles. The lowest BCUT2D eigenvalue weighted by molar-refractivity contribution is -0.119. The van der Waals surface area contributed by atoms with Crippen molar-refractivity contribution in [2.75, 3.05) is 20.6 Å². The first-order chi connectivity index (χ1) is 9.06. The van der Waals surface area contributed by atoms with Crippen LogP contribution in [-0.4, -0.2) is 38.5 Å². The monoisotopic (exact) mass is 268 g/mol. The van der Waals surface area contributed by atoms with Crippen molar-refractivity contribution >= 4 is 11.9 Å². The summed E-state index contributed by atoms with van der Waals surface area (Å²) in [5.74, 6) is 2.33. The van der Waals surface area contributed by atoms with Gasteiger partial charge in [-0.15, -0.1) is 0 Å². The fraction of sp³-hybridized carbons (Fsp3) is 0.857. The highest BCUT2D eigenvalue weighted by molar-refractivity contribution is 5.86. The zero-order valence-corrected chi connectivity index (χ0v) is 12.6. The molecule has 1 rings (SSSR count). The highest BCUT2D eigenvalue weighted by Gasteiger charge is 2.23. The van der Waals surface area contributed by atoms with Crippen molar-refractivity contribution < 1.29 is 4.79 Å². The predicted molar refractivity (Wildman–Crippen MR) is 79.1 cm³/mol. The lowest BCUT2D eigenvalue weighted by Crippen LogP contribution is -2.47. The Morgan fingerprint density at radius 2 is 1.89 bits per heavy atom. The minimum atomic E-state index is -0.0357. The first-order valence-electron chi connectivity index (χ1n) is 7.24. The zero-order chi connectivity index (χ0) is 14.3. The summed E-state index contributed by atoms with van der Waals surface area (Å²) in [6.45, 7) is 4.88. The van der Waals surface area contributed by atoms with Gasteiger partial charge < -0.3 is 16.0 Å². The molecule has 0 bridgehead atoms. The molecular formula is C14H28N4O. The van der Waals surface area contributed by atoms with Gasteiger partial charge in [-0.2, -0.15) is 0 Å². The molecule has 1 aliphatic carbocycles. The molecule has 1 amide bonds. The normalized spacial score (nSPS) is 24.2. The highest BCUT2D eigenvalue weighted by Crippen LogP contribution is 2.29. The summed E-state index contributed by atoms with van der Waals surface area (Å²) in [5.41, 5.74) is 0. The fourth-order valence-corrected chi connectivity index (χ4v) is 2.57. The quantitative estimate of drug-likeness (QED) is 0.528. The second kappa shape index (κ2) is 8.02. The number of hydrogen-bond acceptors (Lipinski definition) is 2. The maximum Gasteiger partial charge on any atom is 0.239 e. The number of hydrogen-bond donors (Lipinski definition) is 3. The molecule has 5 nitrogen and oxygen atoms in total. The predicted octanol–water partition coefficient (Wildman–Crippen LogP) is 1.11. The Balaban J connectivity index is 2.32. The van der Waals surface area contributed by atoms with E-state index in [1.54, 1.807) is 14.1 Å². The number of carbonyl (C=O) groups excluding carboxylic acids is 1. The fourth-order valence-electron chi connectivity index (χ4n) is 2.57. The van der Waals surface area contributed by atoms with E-state index in [4.69, 9.17) is 0 Å². The standard InChI is InChI=1S/C14H28N4O/c1-10(2)11-5-7-12(8-6-11)18-14(16-4)17-9-13(19)15-3/h10-12H,5-9H2,1-4H3,(H,15,19)(H2,16,17,18). The second-order valence-electron chi connectivity index (χ2n) is 5.60. The van der Waals surface area contributed by atoms with Crippen LogP contribution >= 0.6 is 0 Å². The van der Waals surface area contributed by atoms with Gasteiger partial charge in [0.2, 0.25) is 5.91 Å². The van der Waals surface area contributed by atoms with Crippen LogP contribution in [0, 0.1) is 11.8 Å². The summed E-state index contributed by atoms with van der Waals surface area (Å²) < 4.78 is 0. The van der Waals surface area contributed by atoms with Crippen molar-refractivity contribution in [2.24, 2.45) is 16.8 Å². The van der Waals surface area contributed by atoms with Crippen molar-refractivity contribution in [1.82, 2.24) is 16.0 Å². The van der Waals surface area contributed by atoms with Crippen LogP contribution in [0.3, 0.4) is 0 Å². The van der Waals surface area contributed by atoms with Crippen LogP contribution in [0.2, 0.25) is 0 Å². The Kier molecular flexibility index (Phi) is 6.67. The van der Waals surface area contributed by atoms with Crippen molar-refractivity contribution in [1.29, 1.82) is 0 Å². The first-order valence-corrected chi connectivity index (χ1v) is 7.24. The van der Waals surface area contributed by atoms with Gasteiger partial charge in [0, 0.05) is 20.1 Å². The average molecular weight is 268 g/mol. The molecule has 1 saturated carbocycles. The van der Waals surface area contributed by atoms with Gasteiger partial charge in [0.05, 0.1) is 6.54 Å². The molecule has 0 radical (unpaired) electrons. The number of amides is 1. The zero-order valence-electron chi connectivity index (χ0n) is 12.6. The number of nitrogens with one attached hydrogen (secondary N) is 3. The third-order valence-electron chi connectivity index (χ3n) is 3.97. The molecule has 1 aliphatic rings. The molecule has 0 heterocycles. The molecule has 1 fully saturated rings. The Hall–Kier alpha value is -1.26. The number of guanidine groups is 1. The maximum absolute atomic E-state index is 11.2. The molecule has 0 unspecified atom stereocenters. The van der Waals surface area contributed by atoms with Crippen molar-refractivity contribution in [3.63, 3.8) is 0 Å². The van der Waals surface area contributed by atoms with Crippen LogP contribution in [0.5, 0.6) is 0 Å². The van der Waals surface area contributed by atoms with E-state index in [1.165, 1.54) is 25.7 Å². The summed E-state index contributed by atoms with van der Waals surface area (Å²) in [6, 6.07) is 0.478. The first kappa shape index (κ1) is 15.8. The van der Waals surface area contributed by atoms with E-state index in [-0.39, 0.29) is 12.5 Å². The molecule has 0 saturated heterocycles. The summed E-state index contributed by atoms with van der Waals surface area (Å²) in [4.78, 5) is 15.3. The molecule has 0 aromatic rings. The van der Waals surface area contributed by atoms with Crippen molar-refractivity contribution in [3.05, 3.63) is 0 Å². The molecular weight excluding hydrogens is 240 g/mol. The molecule has 0 atom stereocenters. The summed E-state index contributed by atoms with van der Waals surface area (Å²) >= 11 is 0. The average Bonchev–Trinajstić information content (AvgIpc) is 2.43. The smallest absolute Gasteiger partial charge is 0.239 e. The lowest BCUT2D eigenvalue weighted by atomic mass is 9.80. The summed E-state index contributed by atoms with van der Waals surface area (Å²) in [5, 5.41) is 9.01. The van der Waals surface area contributed by atoms with E-state index in [9.17, 15) is 4.79 Å². The second-order valence-corrected chi connectivity index (χ2v) is 5.60. The molecule has 3 N–H and O–H groups in total. The van der Waals surface area contributed by atoms with E-state index in [1.807, 2.05) is 0 Å². The van der Waals surface area contributed by atoms with Gasteiger partial charge in [-0.05, 0) is 37.5 Å². The van der Waals surface area contributed by atoms with Gasteiger partial charge in [-0.3, -0.25) is 9.79 Å². The van der Waals surface area contributed by atoms with Crippen LogP contribution in [0.4, 0.5) is 0 Å². The van der Waals surface area contributed by atoms with Crippen LogP contribution in [0.15, 0.2) is 4.99 Å². The van der Waals surface area contributed by atoms with E-state index in [0.717, 1.165) is 17.8 Å². The number of nitrogens with zero attached hydrogens (tertiary/aromatic N) is 1. The summed E-state index contributed by atoms with van der Waals surface area (Å²) in [6.07, 6.45) is 4.93. The third kappa shape index (κ3) is 5.49. The Morgan fingerprint density at radius 3 is 2.37 bits per heavy atom. The van der Waals surface area contributed by atoms with Gasteiger partial charge in [0.15, 0.2) is 5.96 Å². The molecule has 19 heavy (non-hydrogen) atoms. The SMILES string of the molecule is CN=C(NCC(=O)NC)NC1CCC(C(C)C)CC1. The molecule has 0 aliphatic heterocycles. The lowest BCUT2D eigenvalue weighted by Gasteiger charge is -2.32. The Bertz CT molecular complexity index is 307. The topological polar surface area (TPSA) is 65.5 Å². The van der Waals surface area contributed by atoms with Crippen LogP contribution in [-0.2, 0) is 4.79 Å². The van der Waals surface area contributed by atoms with Crippen LogP contribution in [0.1, 0.15) is 39.5 Å². The molecule has 5 heteroatoms. The minimum absolute atomic E-state index is 0.0357. The Morgan fingerprint density at radius 1 is 1.26 bits per heavy atom. The number of likely N-dealkylation sites (N-methyl/N-ethyl adjacent to an activating group) is 1. The van der Waals surface area contributed by atoms with Gasteiger partial charge in [-0.25, -0.2) is 0 Å². The van der Waals surface area contributed by atoms with Crippen LogP contribution < -0.4 is 16.0 Å². The van der Waals surface area contributed by atoms with E-state index < -0.39 is 0 Å². The van der Waals surface area contributed by atoms with Crippen molar-refractivity contribution in [3.8, 4) is 0 Å². The van der Waals surface area contributed by atoms with E-state index >= 15 is 0 Å². The number of rotatable bonds is 4. The van der Waals surface area contributed by atoms with Gasteiger partial charge in [-0.1, -0.05) is 13.8 Å². The minimum Gasteiger partial charge on any atom is -0.358 e. The summed E-state index contributed by atoms with van der Waals surface area (Å²) in [7, 11) is 3.37. The van der Waals surface area contributed by atoms with Gasteiger partial charge in [0.25, 0.3) is 0 Å². The highest BCUT2D eigenvalue weighted by atomic mass is 16.1. The van der Waals surface area contributed by atoms with Crippen LogP contribution in [0.25, 0.3) is 0 Å². The molecule has 0 aromatic heterocycles.